The van der Waals surface area contributed by atoms with Crippen molar-refractivity contribution in [1.82, 2.24) is 9.97 Å². The van der Waals surface area contributed by atoms with Crippen molar-refractivity contribution >= 4 is 21.7 Å². The van der Waals surface area contributed by atoms with Crippen LogP contribution in [0.25, 0.3) is 10.3 Å². The second-order valence-corrected chi connectivity index (χ2v) is 3.69. The zero-order chi connectivity index (χ0) is 8.55. The molecule has 2 rings (SSSR count). The largest absolute Gasteiger partial charge is 0.480 e. The van der Waals surface area contributed by atoms with E-state index in [1.165, 1.54) is 4.88 Å². The van der Waals surface area contributed by atoms with Crippen molar-refractivity contribution in [2.45, 2.75) is 6.92 Å². The van der Waals surface area contributed by atoms with Gasteiger partial charge in [0.05, 0.1) is 13.3 Å². The topological polar surface area (TPSA) is 35.0 Å². The second kappa shape index (κ2) is 2.71. The molecule has 0 saturated heterocycles. The standard InChI is InChI=1S/C8H8N2OS/c1-5-3-6-8(12-5)10-7(11-2)4-9-6/h3-4H,1-2H3. The Morgan fingerprint density at radius 2 is 2.33 bits per heavy atom. The monoisotopic (exact) mass is 180 g/mol. The summed E-state index contributed by atoms with van der Waals surface area (Å²) in [6.07, 6.45) is 1.63. The van der Waals surface area contributed by atoms with Gasteiger partial charge in [0.25, 0.3) is 0 Å². The Hall–Kier alpha value is -1.16. The van der Waals surface area contributed by atoms with Crippen LogP contribution in [0, 0.1) is 6.92 Å². The molecule has 0 bridgehead atoms. The van der Waals surface area contributed by atoms with Gasteiger partial charge in [0.2, 0.25) is 5.88 Å². The van der Waals surface area contributed by atoms with Gasteiger partial charge in [0, 0.05) is 4.88 Å². The molecule has 2 aromatic rings. The summed E-state index contributed by atoms with van der Waals surface area (Å²) in [7, 11) is 1.59. The molecule has 3 nitrogen and oxygen atoms in total. The average Bonchev–Trinajstić information content (AvgIpc) is 2.43. The minimum absolute atomic E-state index is 0.573. The van der Waals surface area contributed by atoms with Crippen molar-refractivity contribution in [3.63, 3.8) is 0 Å². The fourth-order valence-corrected chi connectivity index (χ4v) is 1.84. The molecule has 0 spiro atoms. The quantitative estimate of drug-likeness (QED) is 0.673. The van der Waals surface area contributed by atoms with E-state index >= 15 is 0 Å². The maximum absolute atomic E-state index is 4.96. The molecule has 0 unspecified atom stereocenters. The second-order valence-electron chi connectivity index (χ2n) is 2.46. The Labute approximate surface area is 74.0 Å². The van der Waals surface area contributed by atoms with Crippen LogP contribution in [0.2, 0.25) is 0 Å². The van der Waals surface area contributed by atoms with Crippen LogP contribution in [0.15, 0.2) is 12.3 Å². The summed E-state index contributed by atoms with van der Waals surface area (Å²) in [5, 5.41) is 0. The van der Waals surface area contributed by atoms with Crippen LogP contribution in [0.3, 0.4) is 0 Å². The Balaban J connectivity index is 2.66. The van der Waals surface area contributed by atoms with E-state index in [-0.39, 0.29) is 0 Å². The zero-order valence-corrected chi connectivity index (χ0v) is 7.68. The van der Waals surface area contributed by atoms with E-state index in [1.54, 1.807) is 24.6 Å². The van der Waals surface area contributed by atoms with E-state index in [4.69, 9.17) is 4.74 Å². The Bertz CT molecular complexity index is 410. The number of nitrogens with zero attached hydrogens (tertiary/aromatic N) is 2. The predicted molar refractivity (Wildman–Crippen MR) is 48.7 cm³/mol. The van der Waals surface area contributed by atoms with Crippen LogP contribution in [-0.2, 0) is 0 Å². The molecule has 2 aromatic heterocycles. The van der Waals surface area contributed by atoms with Gasteiger partial charge in [-0.1, -0.05) is 0 Å². The smallest absolute Gasteiger partial charge is 0.233 e. The highest BCUT2D eigenvalue weighted by Crippen LogP contribution is 2.22. The van der Waals surface area contributed by atoms with Gasteiger partial charge >= 0.3 is 0 Å². The minimum Gasteiger partial charge on any atom is -0.480 e. The molecule has 0 N–H and O–H groups in total. The van der Waals surface area contributed by atoms with Gasteiger partial charge in [-0.2, -0.15) is 4.98 Å². The summed E-state index contributed by atoms with van der Waals surface area (Å²) < 4.78 is 4.96. The number of thiophene rings is 1. The first-order valence-corrected chi connectivity index (χ1v) is 4.38. The molecule has 0 aromatic carbocycles. The van der Waals surface area contributed by atoms with Gasteiger partial charge in [-0.3, -0.25) is 0 Å². The summed E-state index contributed by atoms with van der Waals surface area (Å²) >= 11 is 1.63. The van der Waals surface area contributed by atoms with Crippen molar-refractivity contribution in [3.05, 3.63) is 17.1 Å². The SMILES string of the molecule is COc1cnc2cc(C)sc2n1. The molecule has 0 aliphatic heterocycles. The molecule has 0 aliphatic rings. The molecule has 0 radical (unpaired) electrons. The van der Waals surface area contributed by atoms with Crippen LogP contribution in [0.4, 0.5) is 0 Å². The third-order valence-corrected chi connectivity index (χ3v) is 2.49. The van der Waals surface area contributed by atoms with E-state index in [2.05, 4.69) is 9.97 Å². The van der Waals surface area contributed by atoms with Crippen molar-refractivity contribution in [1.29, 1.82) is 0 Å². The first kappa shape index (κ1) is 7.49. The number of aryl methyl sites for hydroxylation is 1. The van der Waals surface area contributed by atoms with Crippen molar-refractivity contribution in [3.8, 4) is 5.88 Å². The molecule has 0 atom stereocenters. The van der Waals surface area contributed by atoms with Crippen molar-refractivity contribution < 1.29 is 4.74 Å². The first-order valence-electron chi connectivity index (χ1n) is 3.57. The molecular formula is C8H8N2OS. The van der Waals surface area contributed by atoms with E-state index in [0.29, 0.717) is 5.88 Å². The lowest BCUT2D eigenvalue weighted by atomic mass is 10.4. The number of hydrogen-bond acceptors (Lipinski definition) is 4. The number of hydrogen-bond donors (Lipinski definition) is 0. The van der Waals surface area contributed by atoms with E-state index in [9.17, 15) is 0 Å². The highest BCUT2D eigenvalue weighted by molar-refractivity contribution is 7.18. The summed E-state index contributed by atoms with van der Waals surface area (Å²) in [4.78, 5) is 10.6. The molecular weight excluding hydrogens is 172 g/mol. The Morgan fingerprint density at radius 3 is 3.08 bits per heavy atom. The maximum atomic E-state index is 4.96. The summed E-state index contributed by atoms with van der Waals surface area (Å²) in [5.41, 5.74) is 0.943. The third-order valence-electron chi connectivity index (χ3n) is 1.55. The van der Waals surface area contributed by atoms with Crippen LogP contribution >= 0.6 is 11.3 Å². The number of fused-ring (bicyclic) bond motifs is 1. The molecule has 0 aliphatic carbocycles. The lowest BCUT2D eigenvalue weighted by molar-refractivity contribution is 0.398. The fraction of sp³-hybridized carbons (Fsp3) is 0.250. The normalized spacial score (nSPS) is 10.5. The Morgan fingerprint density at radius 1 is 1.50 bits per heavy atom. The fourth-order valence-electron chi connectivity index (χ4n) is 1.01. The Kier molecular flexibility index (Phi) is 1.69. The number of ether oxygens (including phenoxy) is 1. The lowest BCUT2D eigenvalue weighted by Gasteiger charge is -1.94. The molecule has 0 amide bonds. The van der Waals surface area contributed by atoms with Gasteiger partial charge in [-0.15, -0.1) is 11.3 Å². The maximum Gasteiger partial charge on any atom is 0.233 e. The predicted octanol–water partition coefficient (Wildman–Crippen LogP) is 2.01. The van der Waals surface area contributed by atoms with Gasteiger partial charge in [0.1, 0.15) is 10.3 Å². The summed E-state index contributed by atoms with van der Waals surface area (Å²) in [5.74, 6) is 0.573. The zero-order valence-electron chi connectivity index (χ0n) is 6.87. The van der Waals surface area contributed by atoms with E-state index in [0.717, 1.165) is 10.3 Å². The highest BCUT2D eigenvalue weighted by atomic mass is 32.1. The van der Waals surface area contributed by atoms with Crippen LogP contribution in [0.1, 0.15) is 4.88 Å². The molecule has 2 heterocycles. The van der Waals surface area contributed by atoms with Gasteiger partial charge < -0.3 is 4.74 Å². The van der Waals surface area contributed by atoms with Crippen molar-refractivity contribution in [2.24, 2.45) is 0 Å². The van der Waals surface area contributed by atoms with Gasteiger partial charge in [-0.25, -0.2) is 4.98 Å². The molecule has 0 saturated carbocycles. The van der Waals surface area contributed by atoms with Crippen LogP contribution in [-0.4, -0.2) is 17.1 Å². The number of rotatable bonds is 1. The first-order chi connectivity index (χ1) is 5.79. The highest BCUT2D eigenvalue weighted by Gasteiger charge is 2.02. The van der Waals surface area contributed by atoms with Gasteiger partial charge in [-0.05, 0) is 13.0 Å². The molecule has 12 heavy (non-hydrogen) atoms. The van der Waals surface area contributed by atoms with Gasteiger partial charge in [0.15, 0.2) is 0 Å². The number of aromatic nitrogens is 2. The number of methoxy groups -OCH3 is 1. The third kappa shape index (κ3) is 1.14. The molecule has 4 heteroatoms. The van der Waals surface area contributed by atoms with E-state index < -0.39 is 0 Å². The van der Waals surface area contributed by atoms with Crippen LogP contribution in [0.5, 0.6) is 5.88 Å². The lowest BCUT2D eigenvalue weighted by Crippen LogP contribution is -1.87. The minimum atomic E-state index is 0.573. The summed E-state index contributed by atoms with van der Waals surface area (Å²) in [6, 6.07) is 2.02. The van der Waals surface area contributed by atoms with Crippen LogP contribution < -0.4 is 4.74 Å². The average molecular weight is 180 g/mol. The van der Waals surface area contributed by atoms with E-state index in [1.807, 2.05) is 13.0 Å². The molecule has 62 valence electrons. The molecule has 0 fully saturated rings. The van der Waals surface area contributed by atoms with Crippen molar-refractivity contribution in [2.75, 3.05) is 7.11 Å². The summed E-state index contributed by atoms with van der Waals surface area (Å²) in [6.45, 7) is 2.04.